The molecule has 0 aliphatic carbocycles. The van der Waals surface area contributed by atoms with Crippen LogP contribution in [0.15, 0.2) is 24.3 Å². The van der Waals surface area contributed by atoms with Gasteiger partial charge in [0, 0.05) is 24.6 Å². The van der Waals surface area contributed by atoms with E-state index < -0.39 is 15.4 Å². The molecular weight excluding hydrogens is 288 g/mol. The topological polar surface area (TPSA) is 75.3 Å². The fourth-order valence-corrected chi connectivity index (χ4v) is 5.35. The van der Waals surface area contributed by atoms with Crippen LogP contribution in [0.25, 0.3) is 0 Å². The number of hydrogen-bond acceptors (Lipinski definition) is 4. The zero-order valence-electron chi connectivity index (χ0n) is 12.1. The fourth-order valence-electron chi connectivity index (χ4n) is 3.26. The quantitative estimate of drug-likeness (QED) is 0.882. The molecule has 0 aromatic heterocycles. The molecule has 1 aromatic rings. The average molecular weight is 308 g/mol. The van der Waals surface area contributed by atoms with Crippen LogP contribution in [-0.4, -0.2) is 37.9 Å². The highest BCUT2D eigenvalue weighted by Gasteiger charge is 2.39. The Labute approximate surface area is 125 Å². The Balaban J connectivity index is 1.63. The molecule has 1 fully saturated rings. The summed E-state index contributed by atoms with van der Waals surface area (Å²) in [5, 5.41) is 6.22. The molecule has 2 N–H and O–H groups in total. The van der Waals surface area contributed by atoms with Crippen LogP contribution in [-0.2, 0) is 14.6 Å². The van der Waals surface area contributed by atoms with Crippen LogP contribution < -0.4 is 10.6 Å². The van der Waals surface area contributed by atoms with E-state index in [0.29, 0.717) is 12.8 Å². The highest BCUT2D eigenvalue weighted by molar-refractivity contribution is 7.91. The summed E-state index contributed by atoms with van der Waals surface area (Å²) in [7, 11) is -3.00. The summed E-state index contributed by atoms with van der Waals surface area (Å²) < 4.78 is 23.1. The van der Waals surface area contributed by atoms with Gasteiger partial charge in [-0.1, -0.05) is 18.2 Å². The lowest BCUT2D eigenvalue weighted by Gasteiger charge is -2.24. The first-order chi connectivity index (χ1) is 9.87. The lowest BCUT2D eigenvalue weighted by molar-refractivity contribution is -0.122. The molecular formula is C15H20N2O3S. The molecule has 2 aliphatic rings. The summed E-state index contributed by atoms with van der Waals surface area (Å²) >= 11 is 0. The number of hydrogen-bond donors (Lipinski definition) is 2. The number of sulfone groups is 1. The highest BCUT2D eigenvalue weighted by Crippen LogP contribution is 2.33. The number of fused-ring (bicyclic) bond motifs is 1. The molecule has 0 radical (unpaired) electrons. The largest absolute Gasteiger partial charge is 0.384 e. The Morgan fingerprint density at radius 3 is 2.90 bits per heavy atom. The summed E-state index contributed by atoms with van der Waals surface area (Å²) in [5.41, 5.74) is 1.64. The summed E-state index contributed by atoms with van der Waals surface area (Å²) in [4.78, 5) is 12.2. The highest BCUT2D eigenvalue weighted by atomic mass is 32.2. The Kier molecular flexibility index (Phi) is 3.43. The van der Waals surface area contributed by atoms with E-state index in [1.165, 1.54) is 0 Å². The Bertz CT molecular complexity index is 671. The maximum Gasteiger partial charge on any atom is 0.221 e. The summed E-state index contributed by atoms with van der Waals surface area (Å²) in [6, 6.07) is 7.99. The summed E-state index contributed by atoms with van der Waals surface area (Å²) in [6.07, 6.45) is 0.889. The molecule has 1 aromatic carbocycles. The second kappa shape index (κ2) is 5.02. The van der Waals surface area contributed by atoms with Gasteiger partial charge in [0.05, 0.1) is 17.0 Å². The van der Waals surface area contributed by atoms with Gasteiger partial charge in [0.25, 0.3) is 0 Å². The van der Waals surface area contributed by atoms with Crippen LogP contribution in [0.3, 0.4) is 0 Å². The standard InChI is InChI=1S/C15H20N2O3S/c1-15(6-7-21(19,20)10-15)17-14(18)8-11-9-16-13-5-3-2-4-12(11)13/h2-5,11,16H,6-10H2,1H3,(H,17,18). The van der Waals surface area contributed by atoms with Crippen LogP contribution in [0.2, 0.25) is 0 Å². The van der Waals surface area contributed by atoms with Gasteiger partial charge in [0.15, 0.2) is 9.84 Å². The zero-order valence-corrected chi connectivity index (χ0v) is 12.9. The van der Waals surface area contributed by atoms with Crippen molar-refractivity contribution < 1.29 is 13.2 Å². The molecule has 2 heterocycles. The van der Waals surface area contributed by atoms with E-state index in [4.69, 9.17) is 0 Å². The second-order valence-electron chi connectivity index (χ2n) is 6.32. The molecule has 0 spiro atoms. The van der Waals surface area contributed by atoms with Crippen molar-refractivity contribution in [2.24, 2.45) is 0 Å². The van der Waals surface area contributed by atoms with Crippen LogP contribution in [0.4, 0.5) is 5.69 Å². The van der Waals surface area contributed by atoms with Crippen molar-refractivity contribution in [1.29, 1.82) is 0 Å². The van der Waals surface area contributed by atoms with Gasteiger partial charge in [-0.15, -0.1) is 0 Å². The molecule has 1 saturated heterocycles. The number of carbonyl (C=O) groups excluding carboxylic acids is 1. The molecule has 6 heteroatoms. The Hall–Kier alpha value is -1.56. The van der Waals surface area contributed by atoms with Gasteiger partial charge in [0.1, 0.15) is 0 Å². The van der Waals surface area contributed by atoms with Gasteiger partial charge < -0.3 is 10.6 Å². The van der Waals surface area contributed by atoms with Crippen molar-refractivity contribution in [2.45, 2.75) is 31.2 Å². The smallest absolute Gasteiger partial charge is 0.221 e. The number of nitrogens with one attached hydrogen (secondary N) is 2. The molecule has 0 saturated carbocycles. The number of carbonyl (C=O) groups is 1. The first-order valence-electron chi connectivity index (χ1n) is 7.21. The third kappa shape index (κ3) is 3.05. The number of benzene rings is 1. The molecule has 2 atom stereocenters. The Morgan fingerprint density at radius 1 is 1.43 bits per heavy atom. The molecule has 114 valence electrons. The van der Waals surface area contributed by atoms with Crippen LogP contribution in [0, 0.1) is 0 Å². The van der Waals surface area contributed by atoms with Crippen LogP contribution >= 0.6 is 0 Å². The predicted octanol–water partition coefficient (Wildman–Crippen LogP) is 1.28. The van der Waals surface area contributed by atoms with Gasteiger partial charge >= 0.3 is 0 Å². The van der Waals surface area contributed by atoms with Crippen molar-refractivity contribution in [3.8, 4) is 0 Å². The molecule has 3 rings (SSSR count). The maximum atomic E-state index is 12.2. The fraction of sp³-hybridized carbons (Fsp3) is 0.533. The molecule has 1 amide bonds. The van der Waals surface area contributed by atoms with Gasteiger partial charge in [-0.2, -0.15) is 0 Å². The molecule has 5 nitrogen and oxygen atoms in total. The van der Waals surface area contributed by atoms with Crippen molar-refractivity contribution in [1.82, 2.24) is 5.32 Å². The van der Waals surface area contributed by atoms with E-state index in [1.54, 1.807) is 0 Å². The van der Waals surface area contributed by atoms with Gasteiger partial charge in [-0.25, -0.2) is 8.42 Å². The van der Waals surface area contributed by atoms with Gasteiger partial charge in [-0.05, 0) is 25.0 Å². The number of anilines is 1. The minimum atomic E-state index is -3.00. The van der Waals surface area contributed by atoms with E-state index in [0.717, 1.165) is 17.8 Å². The van der Waals surface area contributed by atoms with E-state index in [-0.39, 0.29) is 23.3 Å². The van der Waals surface area contributed by atoms with Crippen LogP contribution in [0.1, 0.15) is 31.2 Å². The zero-order chi connectivity index (χ0) is 15.1. The normalized spacial score (nSPS) is 29.7. The molecule has 2 aliphatic heterocycles. The summed E-state index contributed by atoms with van der Waals surface area (Å²) in [6.45, 7) is 2.57. The van der Waals surface area contributed by atoms with Crippen molar-refractivity contribution in [2.75, 3.05) is 23.4 Å². The van der Waals surface area contributed by atoms with E-state index in [9.17, 15) is 13.2 Å². The number of rotatable bonds is 3. The number of para-hydroxylation sites is 1. The first kappa shape index (κ1) is 14.4. The third-order valence-corrected chi connectivity index (χ3v) is 6.22. The average Bonchev–Trinajstić information content (AvgIpc) is 2.91. The lowest BCUT2D eigenvalue weighted by Crippen LogP contribution is -2.47. The van der Waals surface area contributed by atoms with E-state index >= 15 is 0 Å². The van der Waals surface area contributed by atoms with Crippen molar-refractivity contribution in [3.05, 3.63) is 29.8 Å². The van der Waals surface area contributed by atoms with Crippen molar-refractivity contribution in [3.63, 3.8) is 0 Å². The first-order valence-corrected chi connectivity index (χ1v) is 9.03. The minimum Gasteiger partial charge on any atom is -0.384 e. The predicted molar refractivity (Wildman–Crippen MR) is 82.1 cm³/mol. The Morgan fingerprint density at radius 2 is 2.19 bits per heavy atom. The maximum absolute atomic E-state index is 12.2. The number of amides is 1. The second-order valence-corrected chi connectivity index (χ2v) is 8.50. The van der Waals surface area contributed by atoms with Gasteiger partial charge in [0.2, 0.25) is 5.91 Å². The monoisotopic (exact) mass is 308 g/mol. The molecule has 0 bridgehead atoms. The molecule has 21 heavy (non-hydrogen) atoms. The SMILES string of the molecule is CC1(NC(=O)CC2CNc3ccccc32)CCS(=O)(=O)C1. The molecule has 2 unspecified atom stereocenters. The van der Waals surface area contributed by atoms with E-state index in [2.05, 4.69) is 10.6 Å². The summed E-state index contributed by atoms with van der Waals surface area (Å²) in [5.74, 6) is 0.295. The van der Waals surface area contributed by atoms with Crippen LogP contribution in [0.5, 0.6) is 0 Å². The van der Waals surface area contributed by atoms with E-state index in [1.807, 2.05) is 31.2 Å². The third-order valence-electron chi connectivity index (χ3n) is 4.32. The van der Waals surface area contributed by atoms with Crippen molar-refractivity contribution >= 4 is 21.4 Å². The van der Waals surface area contributed by atoms with Gasteiger partial charge in [-0.3, -0.25) is 4.79 Å². The lowest BCUT2D eigenvalue weighted by atomic mass is 9.96. The minimum absolute atomic E-state index is 0.0469.